The van der Waals surface area contributed by atoms with Crippen molar-refractivity contribution >= 4 is 44.6 Å². The second-order valence-corrected chi connectivity index (χ2v) is 7.15. The number of hydrogen-bond acceptors (Lipinski definition) is 4. The molecule has 27 heavy (non-hydrogen) atoms. The molecule has 0 aliphatic heterocycles. The number of hydrogen-bond donors (Lipinski definition) is 1. The molecule has 0 saturated heterocycles. The normalized spacial score (nSPS) is 11.5. The van der Waals surface area contributed by atoms with Crippen LogP contribution in [0.1, 0.15) is 20.9 Å². The number of nitrogens with zero attached hydrogens (tertiary/aromatic N) is 2. The van der Waals surface area contributed by atoms with Crippen molar-refractivity contribution in [3.05, 3.63) is 100 Å². The fraction of sp³-hybridized carbons (Fsp3) is 0. The lowest BCUT2D eigenvalue weighted by molar-refractivity contribution is 0.0959. The first-order valence-corrected chi connectivity index (χ1v) is 9.45. The molecule has 4 aromatic rings. The van der Waals surface area contributed by atoms with E-state index in [4.69, 9.17) is 11.6 Å². The molecule has 2 aromatic heterocycles. The molecule has 0 atom stereocenters. The van der Waals surface area contributed by atoms with Gasteiger partial charge in [-0.2, -0.15) is 5.10 Å². The van der Waals surface area contributed by atoms with E-state index in [0.717, 1.165) is 15.6 Å². The average Bonchev–Trinajstić information content (AvgIpc) is 3.07. The quantitative estimate of drug-likeness (QED) is 0.387. The van der Waals surface area contributed by atoms with Gasteiger partial charge < -0.3 is 0 Å². The van der Waals surface area contributed by atoms with Crippen LogP contribution in [0.25, 0.3) is 10.1 Å². The van der Waals surface area contributed by atoms with E-state index in [1.54, 1.807) is 6.20 Å². The molecule has 1 N–H and O–H groups in total. The highest BCUT2D eigenvalue weighted by Crippen LogP contribution is 2.34. The summed E-state index contributed by atoms with van der Waals surface area (Å²) in [5.41, 5.74) is 4.75. The summed E-state index contributed by atoms with van der Waals surface area (Å²) in [6.07, 6.45) is 1.69. The van der Waals surface area contributed by atoms with Gasteiger partial charge in [0, 0.05) is 21.8 Å². The van der Waals surface area contributed by atoms with Crippen LogP contribution in [0.2, 0.25) is 5.02 Å². The van der Waals surface area contributed by atoms with Gasteiger partial charge in [0.25, 0.3) is 5.91 Å². The molecular formula is C21H14ClN3OS. The van der Waals surface area contributed by atoms with Gasteiger partial charge in [-0.15, -0.1) is 11.3 Å². The number of benzene rings is 2. The predicted molar refractivity (Wildman–Crippen MR) is 111 cm³/mol. The third-order valence-corrected chi connectivity index (χ3v) is 5.64. The van der Waals surface area contributed by atoms with Crippen LogP contribution in [0.3, 0.4) is 0 Å². The minimum atomic E-state index is -0.342. The van der Waals surface area contributed by atoms with E-state index in [2.05, 4.69) is 15.5 Å². The zero-order valence-corrected chi connectivity index (χ0v) is 15.7. The Labute approximate surface area is 165 Å². The van der Waals surface area contributed by atoms with Gasteiger partial charge in [0.1, 0.15) is 10.6 Å². The third-order valence-electron chi connectivity index (χ3n) is 3.97. The number of carbonyl (C=O) groups excluding carboxylic acids is 1. The van der Waals surface area contributed by atoms with E-state index >= 15 is 0 Å². The molecule has 0 aliphatic rings. The number of nitrogens with one attached hydrogen (secondary N) is 1. The monoisotopic (exact) mass is 391 g/mol. The highest BCUT2D eigenvalue weighted by Gasteiger charge is 2.17. The van der Waals surface area contributed by atoms with Gasteiger partial charge in [-0.25, -0.2) is 5.43 Å². The van der Waals surface area contributed by atoms with Crippen molar-refractivity contribution in [3.63, 3.8) is 0 Å². The summed E-state index contributed by atoms with van der Waals surface area (Å²) in [6, 6.07) is 22.8. The van der Waals surface area contributed by atoms with E-state index < -0.39 is 0 Å². The number of amides is 1. The zero-order chi connectivity index (χ0) is 18.6. The van der Waals surface area contributed by atoms with Crippen LogP contribution in [0, 0.1) is 0 Å². The molecule has 2 aromatic carbocycles. The highest BCUT2D eigenvalue weighted by atomic mass is 35.5. The summed E-state index contributed by atoms with van der Waals surface area (Å²) in [5, 5.41) is 5.67. The maximum atomic E-state index is 12.7. The van der Waals surface area contributed by atoms with Gasteiger partial charge >= 0.3 is 0 Å². The van der Waals surface area contributed by atoms with Crippen LogP contribution in [-0.4, -0.2) is 16.6 Å². The van der Waals surface area contributed by atoms with Gasteiger partial charge in [0.15, 0.2) is 0 Å². The van der Waals surface area contributed by atoms with Gasteiger partial charge in [-0.1, -0.05) is 66.2 Å². The molecule has 1 amide bonds. The number of halogens is 1. The van der Waals surface area contributed by atoms with E-state index in [-0.39, 0.29) is 5.91 Å². The van der Waals surface area contributed by atoms with Crippen LogP contribution >= 0.6 is 22.9 Å². The molecule has 0 bridgehead atoms. The van der Waals surface area contributed by atoms with Crippen molar-refractivity contribution in [1.29, 1.82) is 0 Å². The Morgan fingerprint density at radius 1 is 0.963 bits per heavy atom. The molecule has 6 heteroatoms. The topological polar surface area (TPSA) is 54.4 Å². The molecule has 4 nitrogen and oxygen atoms in total. The lowest BCUT2D eigenvalue weighted by Gasteiger charge is -2.06. The average molecular weight is 392 g/mol. The summed E-state index contributed by atoms with van der Waals surface area (Å²) < 4.78 is 0.963. The first-order valence-electron chi connectivity index (χ1n) is 8.26. The molecule has 2 heterocycles. The van der Waals surface area contributed by atoms with Gasteiger partial charge in [0.05, 0.1) is 10.7 Å². The Morgan fingerprint density at radius 3 is 2.44 bits per heavy atom. The SMILES string of the molecule is O=C(N/N=C(\c1ccccc1)c1ccccn1)c1sc2ccccc2c1Cl. The Balaban J connectivity index is 1.69. The molecule has 0 saturated carbocycles. The van der Waals surface area contributed by atoms with Crippen molar-refractivity contribution in [3.8, 4) is 0 Å². The summed E-state index contributed by atoms with van der Waals surface area (Å²) in [6.45, 7) is 0. The van der Waals surface area contributed by atoms with E-state index in [9.17, 15) is 4.79 Å². The molecule has 0 spiro atoms. The van der Waals surface area contributed by atoms with E-state index in [1.165, 1.54) is 11.3 Å². The van der Waals surface area contributed by atoms with Crippen LogP contribution in [-0.2, 0) is 0 Å². The fourth-order valence-corrected chi connectivity index (χ4v) is 4.09. The third kappa shape index (κ3) is 3.60. The smallest absolute Gasteiger partial charge is 0.266 e. The number of carbonyl (C=O) groups is 1. The maximum absolute atomic E-state index is 12.7. The van der Waals surface area contributed by atoms with Crippen LogP contribution in [0.5, 0.6) is 0 Å². The number of thiophene rings is 1. The highest BCUT2D eigenvalue weighted by molar-refractivity contribution is 7.21. The fourth-order valence-electron chi connectivity index (χ4n) is 2.69. The zero-order valence-electron chi connectivity index (χ0n) is 14.1. The molecule has 4 rings (SSSR count). The number of hydrazone groups is 1. The second kappa shape index (κ2) is 7.70. The molecule has 0 unspecified atom stereocenters. The van der Waals surface area contributed by atoms with E-state index in [0.29, 0.717) is 21.3 Å². The molecule has 0 radical (unpaired) electrons. The molecule has 0 fully saturated rings. The summed E-state index contributed by atoms with van der Waals surface area (Å²) in [7, 11) is 0. The number of aromatic nitrogens is 1. The first-order chi connectivity index (χ1) is 13.2. The Kier molecular flexibility index (Phi) is 4.96. The van der Waals surface area contributed by atoms with Crippen molar-refractivity contribution in [2.24, 2.45) is 5.10 Å². The molecular weight excluding hydrogens is 378 g/mol. The van der Waals surface area contributed by atoms with Crippen LogP contribution in [0.15, 0.2) is 84.1 Å². The Morgan fingerprint density at radius 2 is 1.70 bits per heavy atom. The number of fused-ring (bicyclic) bond motifs is 1. The predicted octanol–water partition coefficient (Wildman–Crippen LogP) is 5.13. The summed E-state index contributed by atoms with van der Waals surface area (Å²) in [5.74, 6) is -0.342. The van der Waals surface area contributed by atoms with Gasteiger partial charge in [-0.05, 0) is 18.2 Å². The first kappa shape index (κ1) is 17.4. The number of pyridine rings is 1. The Bertz CT molecular complexity index is 1080. The summed E-state index contributed by atoms with van der Waals surface area (Å²) >= 11 is 7.74. The van der Waals surface area contributed by atoms with Crippen LogP contribution in [0.4, 0.5) is 0 Å². The van der Waals surface area contributed by atoms with Crippen molar-refractivity contribution in [2.45, 2.75) is 0 Å². The number of rotatable bonds is 4. The molecule has 132 valence electrons. The van der Waals surface area contributed by atoms with Crippen molar-refractivity contribution < 1.29 is 4.79 Å². The van der Waals surface area contributed by atoms with Gasteiger partial charge in [0.2, 0.25) is 0 Å². The largest absolute Gasteiger partial charge is 0.283 e. The minimum Gasteiger partial charge on any atom is -0.266 e. The second-order valence-electron chi connectivity index (χ2n) is 5.72. The molecule has 0 aliphatic carbocycles. The van der Waals surface area contributed by atoms with Crippen molar-refractivity contribution in [2.75, 3.05) is 0 Å². The lowest BCUT2D eigenvalue weighted by Crippen LogP contribution is -2.20. The van der Waals surface area contributed by atoms with Crippen LogP contribution < -0.4 is 5.43 Å². The lowest BCUT2D eigenvalue weighted by atomic mass is 10.1. The minimum absolute atomic E-state index is 0.342. The standard InChI is InChI=1S/C21H14ClN3OS/c22-18-15-10-4-5-12-17(15)27-20(18)21(26)25-24-19(14-8-2-1-3-9-14)16-11-6-7-13-23-16/h1-13H,(H,25,26)/b24-19+. The van der Waals surface area contributed by atoms with Crippen molar-refractivity contribution in [1.82, 2.24) is 10.4 Å². The Hall–Kier alpha value is -3.02. The van der Waals surface area contributed by atoms with E-state index in [1.807, 2.05) is 72.8 Å². The summed E-state index contributed by atoms with van der Waals surface area (Å²) in [4.78, 5) is 17.5. The van der Waals surface area contributed by atoms with Gasteiger partial charge in [-0.3, -0.25) is 9.78 Å². The maximum Gasteiger partial charge on any atom is 0.283 e.